The minimum absolute atomic E-state index is 0.0743. The van der Waals surface area contributed by atoms with Crippen molar-refractivity contribution in [2.75, 3.05) is 27.3 Å². The zero-order valence-electron chi connectivity index (χ0n) is 22.3. The molecule has 11 heteroatoms. The highest BCUT2D eigenvalue weighted by Gasteiger charge is 2.31. The Balaban J connectivity index is 2.25. The number of hydrogen-bond donors (Lipinski definition) is 2. The molecular weight excluding hydrogens is 512 g/mol. The molecule has 0 saturated carbocycles. The number of aliphatic hydroxyl groups is 1. The molecule has 0 aliphatic carbocycles. The van der Waals surface area contributed by atoms with Crippen LogP contribution in [0.2, 0.25) is 0 Å². The summed E-state index contributed by atoms with van der Waals surface area (Å²) in [7, 11) is -1.20. The molecule has 2 N–H and O–H groups in total. The van der Waals surface area contributed by atoms with Gasteiger partial charge in [0.25, 0.3) is 0 Å². The molecule has 0 fully saturated rings. The first kappa shape index (κ1) is 31.1. The van der Waals surface area contributed by atoms with Gasteiger partial charge >= 0.3 is 12.1 Å². The van der Waals surface area contributed by atoms with Crippen LogP contribution in [0.4, 0.5) is 4.79 Å². The molecule has 0 radical (unpaired) electrons. The van der Waals surface area contributed by atoms with Crippen LogP contribution in [0.1, 0.15) is 38.7 Å². The van der Waals surface area contributed by atoms with Crippen LogP contribution in [0.3, 0.4) is 0 Å². The first-order valence-corrected chi connectivity index (χ1v) is 13.9. The van der Waals surface area contributed by atoms with Gasteiger partial charge in [0.15, 0.2) is 0 Å². The van der Waals surface area contributed by atoms with E-state index in [-0.39, 0.29) is 30.8 Å². The number of unbranched alkanes of at least 4 members (excludes halogenated alkanes) is 1. The maximum Gasteiger partial charge on any atom is 0.407 e. The van der Waals surface area contributed by atoms with Gasteiger partial charge in [-0.15, -0.1) is 0 Å². The second-order valence-corrected chi connectivity index (χ2v) is 10.8. The van der Waals surface area contributed by atoms with Crippen molar-refractivity contribution in [2.45, 2.75) is 62.7 Å². The Bertz CT molecular complexity index is 1110. The van der Waals surface area contributed by atoms with Crippen molar-refractivity contribution in [1.29, 1.82) is 0 Å². The summed E-state index contributed by atoms with van der Waals surface area (Å²) in [5.74, 6) is -0.00219. The second-order valence-electron chi connectivity index (χ2n) is 8.90. The van der Waals surface area contributed by atoms with Crippen molar-refractivity contribution in [1.82, 2.24) is 9.62 Å². The van der Waals surface area contributed by atoms with Crippen molar-refractivity contribution in [3.05, 3.63) is 60.2 Å². The maximum absolute atomic E-state index is 13.5. The molecule has 2 aromatic rings. The lowest BCUT2D eigenvalue weighted by molar-refractivity contribution is -0.142. The minimum atomic E-state index is -3.94. The topological polar surface area (TPSA) is 131 Å². The molecule has 10 nitrogen and oxygen atoms in total. The number of alkyl carbamates (subject to hydrolysis) is 1. The quantitative estimate of drug-likeness (QED) is 0.324. The Morgan fingerprint density at radius 1 is 1.05 bits per heavy atom. The van der Waals surface area contributed by atoms with Gasteiger partial charge in [-0.25, -0.2) is 13.2 Å². The summed E-state index contributed by atoms with van der Waals surface area (Å²) in [6.07, 6.45) is -1.41. The number of aliphatic hydroxyl groups excluding tert-OH is 1. The van der Waals surface area contributed by atoms with Crippen LogP contribution in [0.15, 0.2) is 59.5 Å². The molecule has 2 rings (SSSR count). The van der Waals surface area contributed by atoms with Gasteiger partial charge in [0.05, 0.1) is 37.7 Å². The van der Waals surface area contributed by atoms with E-state index in [9.17, 15) is 23.1 Å². The molecule has 0 spiro atoms. The predicted molar refractivity (Wildman–Crippen MR) is 142 cm³/mol. The van der Waals surface area contributed by atoms with E-state index in [1.165, 1.54) is 30.7 Å². The number of methoxy groups -OCH3 is 2. The smallest absolute Gasteiger partial charge is 0.407 e. The third-order valence-corrected chi connectivity index (χ3v) is 7.78. The van der Waals surface area contributed by atoms with Crippen molar-refractivity contribution >= 4 is 22.1 Å². The number of nitrogens with zero attached hydrogens (tertiary/aromatic N) is 1. The lowest BCUT2D eigenvalue weighted by Crippen LogP contribution is -2.51. The van der Waals surface area contributed by atoms with Gasteiger partial charge in [0.1, 0.15) is 11.9 Å². The van der Waals surface area contributed by atoms with Gasteiger partial charge in [-0.1, -0.05) is 43.7 Å². The molecule has 1 unspecified atom stereocenters. The standard InChI is InChI=1S/C27H38N2O8S/c1-5-6-16-29(38(33,34)23-14-12-22(35-3)13-15-23)19-25(30)24(18-21-10-8-7-9-11-21)28-27(32)37-20(2)17-26(31)36-4/h7-15,20,24-25,30H,5-6,16-19H2,1-4H3,(H,28,32)/t20-,24?,25+/m0/s1. The van der Waals surface area contributed by atoms with E-state index in [4.69, 9.17) is 9.47 Å². The number of esters is 1. The van der Waals surface area contributed by atoms with Gasteiger partial charge in [-0.2, -0.15) is 4.31 Å². The minimum Gasteiger partial charge on any atom is -0.497 e. The third-order valence-electron chi connectivity index (χ3n) is 5.91. The van der Waals surface area contributed by atoms with E-state index in [1.807, 2.05) is 37.3 Å². The lowest BCUT2D eigenvalue weighted by atomic mass is 10.0. The van der Waals surface area contributed by atoms with Crippen molar-refractivity contribution in [3.8, 4) is 5.75 Å². The van der Waals surface area contributed by atoms with Crippen molar-refractivity contribution in [2.24, 2.45) is 0 Å². The number of carbonyl (C=O) groups is 2. The lowest BCUT2D eigenvalue weighted by Gasteiger charge is -2.30. The highest BCUT2D eigenvalue weighted by atomic mass is 32.2. The van der Waals surface area contributed by atoms with Gasteiger partial charge in [0, 0.05) is 13.1 Å². The molecule has 0 saturated heterocycles. The number of rotatable bonds is 15. The number of amides is 1. The number of carbonyl (C=O) groups excluding carboxylic acids is 2. The Morgan fingerprint density at radius 3 is 2.29 bits per heavy atom. The summed E-state index contributed by atoms with van der Waals surface area (Å²) in [5, 5.41) is 13.9. The maximum atomic E-state index is 13.5. The molecule has 3 atom stereocenters. The number of nitrogens with one attached hydrogen (secondary N) is 1. The van der Waals surface area contributed by atoms with E-state index in [2.05, 4.69) is 10.1 Å². The Morgan fingerprint density at radius 2 is 1.71 bits per heavy atom. The molecule has 1 amide bonds. The number of hydrogen-bond acceptors (Lipinski definition) is 8. The fourth-order valence-corrected chi connectivity index (χ4v) is 5.25. The van der Waals surface area contributed by atoms with Crippen LogP contribution in [-0.4, -0.2) is 75.5 Å². The van der Waals surface area contributed by atoms with Crippen LogP contribution in [-0.2, 0) is 30.7 Å². The summed E-state index contributed by atoms with van der Waals surface area (Å²) >= 11 is 0. The zero-order valence-corrected chi connectivity index (χ0v) is 23.1. The molecule has 0 heterocycles. The van der Waals surface area contributed by atoms with Gasteiger partial charge < -0.3 is 24.6 Å². The Labute approximate surface area is 224 Å². The summed E-state index contributed by atoms with van der Waals surface area (Å²) < 4.78 is 43.2. The Kier molecular flexibility index (Phi) is 12.5. The van der Waals surface area contributed by atoms with Gasteiger partial charge in [-0.05, 0) is 49.6 Å². The van der Waals surface area contributed by atoms with Crippen molar-refractivity contribution < 1.29 is 37.3 Å². The van der Waals surface area contributed by atoms with E-state index >= 15 is 0 Å². The first-order chi connectivity index (χ1) is 18.1. The fourth-order valence-electron chi connectivity index (χ4n) is 3.76. The number of ether oxygens (including phenoxy) is 3. The van der Waals surface area contributed by atoms with Gasteiger partial charge in [0.2, 0.25) is 10.0 Å². The number of benzene rings is 2. The van der Waals surface area contributed by atoms with E-state index < -0.39 is 40.3 Å². The predicted octanol–water partition coefficient (Wildman–Crippen LogP) is 3.14. The van der Waals surface area contributed by atoms with Crippen LogP contribution in [0.5, 0.6) is 5.75 Å². The monoisotopic (exact) mass is 550 g/mol. The third kappa shape index (κ3) is 9.62. The summed E-state index contributed by atoms with van der Waals surface area (Å²) in [6.45, 7) is 3.44. The van der Waals surface area contributed by atoms with E-state index in [0.717, 1.165) is 12.0 Å². The average Bonchev–Trinajstić information content (AvgIpc) is 2.90. The normalized spacial score (nSPS) is 13.8. The highest BCUT2D eigenvalue weighted by molar-refractivity contribution is 7.89. The number of sulfonamides is 1. The fraction of sp³-hybridized carbons (Fsp3) is 0.481. The van der Waals surface area contributed by atoms with Crippen molar-refractivity contribution in [3.63, 3.8) is 0 Å². The summed E-state index contributed by atoms with van der Waals surface area (Å²) in [4.78, 5) is 24.2. The zero-order chi connectivity index (χ0) is 28.1. The molecule has 0 aromatic heterocycles. The molecule has 0 bridgehead atoms. The molecule has 210 valence electrons. The van der Waals surface area contributed by atoms with Crippen LogP contribution in [0.25, 0.3) is 0 Å². The second kappa shape index (κ2) is 15.3. The molecule has 0 aliphatic rings. The molecule has 2 aromatic carbocycles. The van der Waals surface area contributed by atoms with Gasteiger partial charge in [-0.3, -0.25) is 4.79 Å². The van der Waals surface area contributed by atoms with E-state index in [0.29, 0.717) is 12.2 Å². The van der Waals surface area contributed by atoms with Crippen LogP contribution < -0.4 is 10.1 Å². The van der Waals surface area contributed by atoms with Crippen LogP contribution >= 0.6 is 0 Å². The SMILES string of the molecule is CCCCN(C[C@@H](O)C(Cc1ccccc1)NC(=O)O[C@@H](C)CC(=O)OC)S(=O)(=O)c1ccc(OC)cc1. The molecular formula is C27H38N2O8S. The molecule has 0 aliphatic heterocycles. The Hall–Kier alpha value is -3.15. The highest BCUT2D eigenvalue weighted by Crippen LogP contribution is 2.21. The summed E-state index contributed by atoms with van der Waals surface area (Å²) in [6, 6.07) is 14.4. The average molecular weight is 551 g/mol. The first-order valence-electron chi connectivity index (χ1n) is 12.5. The van der Waals surface area contributed by atoms with E-state index in [1.54, 1.807) is 19.1 Å². The largest absolute Gasteiger partial charge is 0.497 e. The van der Waals surface area contributed by atoms with Crippen LogP contribution in [0, 0.1) is 0 Å². The molecule has 38 heavy (non-hydrogen) atoms. The summed E-state index contributed by atoms with van der Waals surface area (Å²) in [5.41, 5.74) is 0.831.